The highest BCUT2D eigenvalue weighted by Crippen LogP contribution is 2.48. The van der Waals surface area contributed by atoms with Gasteiger partial charge in [0, 0.05) is 25.0 Å². The molecule has 0 saturated carbocycles. The Morgan fingerprint density at radius 3 is 2.74 bits per heavy atom. The van der Waals surface area contributed by atoms with Gasteiger partial charge in [0.25, 0.3) is 0 Å². The average Bonchev–Trinajstić information content (AvgIpc) is 2.97. The van der Waals surface area contributed by atoms with Crippen molar-refractivity contribution in [2.75, 3.05) is 14.2 Å². The van der Waals surface area contributed by atoms with Gasteiger partial charge in [-0.2, -0.15) is 0 Å². The Bertz CT molecular complexity index is 752. The van der Waals surface area contributed by atoms with E-state index in [0.717, 1.165) is 29.7 Å². The summed E-state index contributed by atoms with van der Waals surface area (Å²) in [5.74, 6) is 0.448. The second-order valence-corrected chi connectivity index (χ2v) is 7.85. The molecule has 3 atom stereocenters. The van der Waals surface area contributed by atoms with E-state index in [2.05, 4.69) is 11.0 Å². The largest absolute Gasteiger partial charge is 0.497 e. The number of Topliss-reactive ketones (excluding diaryl/α,β-unsaturated/α-hetero) is 1. The first-order chi connectivity index (χ1) is 12.9. The summed E-state index contributed by atoms with van der Waals surface area (Å²) in [6.07, 6.45) is 4.59. The highest BCUT2D eigenvalue weighted by molar-refractivity contribution is 6.06. The number of nitrogens with zero attached hydrogens (tertiary/aromatic N) is 1. The summed E-state index contributed by atoms with van der Waals surface area (Å²) >= 11 is 0. The molecule has 5 heteroatoms. The number of allylic oxidation sites excluding steroid dienone is 2. The van der Waals surface area contributed by atoms with Crippen molar-refractivity contribution in [3.8, 4) is 5.75 Å². The first-order valence-electron chi connectivity index (χ1n) is 9.56. The number of rotatable bonds is 6. The standard InChI is InChI=1S/C22H29NO4/c1-15(2)10-11-22(21(25)27-4)19-9-8-17(13-20(22)24)23(19)14-16-6-5-7-18(12-16)26-3/h5-7,10,12,17,19H,8-9,11,13-14H2,1-4H3. The van der Waals surface area contributed by atoms with Crippen molar-refractivity contribution >= 4 is 11.8 Å². The van der Waals surface area contributed by atoms with E-state index in [1.807, 2.05) is 38.1 Å². The molecule has 2 aliphatic rings. The topological polar surface area (TPSA) is 55.8 Å². The van der Waals surface area contributed by atoms with Crippen LogP contribution >= 0.6 is 0 Å². The van der Waals surface area contributed by atoms with E-state index < -0.39 is 11.4 Å². The zero-order valence-corrected chi connectivity index (χ0v) is 16.7. The van der Waals surface area contributed by atoms with Gasteiger partial charge in [-0.05, 0) is 50.8 Å². The maximum atomic E-state index is 13.1. The maximum Gasteiger partial charge on any atom is 0.321 e. The van der Waals surface area contributed by atoms with Crippen LogP contribution in [0.2, 0.25) is 0 Å². The molecule has 3 rings (SSSR count). The summed E-state index contributed by atoms with van der Waals surface area (Å²) < 4.78 is 10.5. The molecular weight excluding hydrogens is 342 g/mol. The summed E-state index contributed by atoms with van der Waals surface area (Å²) in [6.45, 7) is 4.68. The van der Waals surface area contributed by atoms with Gasteiger partial charge in [0.15, 0.2) is 5.78 Å². The zero-order chi connectivity index (χ0) is 19.6. The Labute approximate surface area is 161 Å². The molecule has 1 aromatic rings. The lowest BCUT2D eigenvalue weighted by Gasteiger charge is -2.45. The van der Waals surface area contributed by atoms with Crippen molar-refractivity contribution in [3.05, 3.63) is 41.5 Å². The SMILES string of the molecule is COC(=O)C1(CC=C(C)C)C(=O)CC2CCC1N2Cc1cccc(OC)c1. The van der Waals surface area contributed by atoms with Crippen LogP contribution in [0, 0.1) is 5.41 Å². The molecule has 2 bridgehead atoms. The van der Waals surface area contributed by atoms with E-state index in [1.54, 1.807) is 7.11 Å². The molecule has 2 saturated heterocycles. The van der Waals surface area contributed by atoms with E-state index in [9.17, 15) is 9.59 Å². The highest BCUT2D eigenvalue weighted by atomic mass is 16.5. The van der Waals surface area contributed by atoms with E-state index in [4.69, 9.17) is 9.47 Å². The molecule has 0 aromatic heterocycles. The number of hydrogen-bond acceptors (Lipinski definition) is 5. The third-order valence-electron chi connectivity index (χ3n) is 6.01. The van der Waals surface area contributed by atoms with Gasteiger partial charge >= 0.3 is 5.97 Å². The van der Waals surface area contributed by atoms with Crippen LogP contribution in [0.25, 0.3) is 0 Å². The molecule has 0 radical (unpaired) electrons. The molecule has 2 fully saturated rings. The van der Waals surface area contributed by atoms with E-state index in [1.165, 1.54) is 7.11 Å². The van der Waals surface area contributed by atoms with Crippen LogP contribution in [0.3, 0.4) is 0 Å². The lowest BCUT2D eigenvalue weighted by atomic mass is 9.69. The minimum absolute atomic E-state index is 0.0289. The predicted octanol–water partition coefficient (Wildman–Crippen LogP) is 3.52. The minimum atomic E-state index is -1.10. The fourth-order valence-corrected chi connectivity index (χ4v) is 4.62. The van der Waals surface area contributed by atoms with Gasteiger partial charge in [0.05, 0.1) is 14.2 Å². The second-order valence-electron chi connectivity index (χ2n) is 7.85. The molecule has 0 amide bonds. The van der Waals surface area contributed by atoms with E-state index >= 15 is 0 Å². The fourth-order valence-electron chi connectivity index (χ4n) is 4.62. The summed E-state index contributed by atoms with van der Waals surface area (Å²) in [5.41, 5.74) is 1.13. The molecule has 27 heavy (non-hydrogen) atoms. The Hall–Kier alpha value is -2.14. The first-order valence-corrected chi connectivity index (χ1v) is 9.56. The number of esters is 1. The lowest BCUT2D eigenvalue weighted by molar-refractivity contribution is -0.166. The third-order valence-corrected chi connectivity index (χ3v) is 6.01. The van der Waals surface area contributed by atoms with Crippen LogP contribution in [0.1, 0.15) is 45.1 Å². The Morgan fingerprint density at radius 1 is 1.30 bits per heavy atom. The second kappa shape index (κ2) is 7.85. The highest BCUT2D eigenvalue weighted by Gasteiger charge is 2.60. The van der Waals surface area contributed by atoms with Gasteiger partial charge in [0.2, 0.25) is 0 Å². The number of ketones is 1. The van der Waals surface area contributed by atoms with Gasteiger partial charge in [-0.25, -0.2) is 0 Å². The Balaban J connectivity index is 1.96. The lowest BCUT2D eigenvalue weighted by Crippen LogP contribution is -2.60. The van der Waals surface area contributed by atoms with Crippen LogP contribution in [0.4, 0.5) is 0 Å². The number of carbonyl (C=O) groups excluding carboxylic acids is 2. The monoisotopic (exact) mass is 371 g/mol. The number of fused-ring (bicyclic) bond motifs is 2. The van der Waals surface area contributed by atoms with E-state index in [-0.39, 0.29) is 17.9 Å². The van der Waals surface area contributed by atoms with Gasteiger partial charge in [-0.1, -0.05) is 23.8 Å². The van der Waals surface area contributed by atoms with Gasteiger partial charge in [-0.15, -0.1) is 0 Å². The number of piperidine rings is 1. The van der Waals surface area contributed by atoms with Crippen molar-refractivity contribution in [1.82, 2.24) is 4.90 Å². The first kappa shape index (κ1) is 19.6. The van der Waals surface area contributed by atoms with Crippen LogP contribution < -0.4 is 4.74 Å². The average molecular weight is 371 g/mol. The minimum Gasteiger partial charge on any atom is -0.497 e. The smallest absolute Gasteiger partial charge is 0.321 e. The molecule has 0 aliphatic carbocycles. The quantitative estimate of drug-likeness (QED) is 0.435. The predicted molar refractivity (Wildman–Crippen MR) is 103 cm³/mol. The normalized spacial score (nSPS) is 27.3. The Morgan fingerprint density at radius 2 is 2.07 bits per heavy atom. The van der Waals surface area contributed by atoms with Crippen molar-refractivity contribution in [2.45, 2.75) is 58.2 Å². The molecule has 146 valence electrons. The summed E-state index contributed by atoms with van der Waals surface area (Å²) in [6, 6.07) is 8.05. The van der Waals surface area contributed by atoms with Crippen molar-refractivity contribution in [3.63, 3.8) is 0 Å². The maximum absolute atomic E-state index is 13.1. The summed E-state index contributed by atoms with van der Waals surface area (Å²) in [4.78, 5) is 28.3. The molecule has 3 unspecified atom stereocenters. The molecule has 1 aromatic carbocycles. The number of ether oxygens (including phenoxy) is 2. The molecule has 2 heterocycles. The van der Waals surface area contributed by atoms with Crippen LogP contribution in [-0.2, 0) is 20.9 Å². The molecule has 0 spiro atoms. The molecule has 0 N–H and O–H groups in total. The molecular formula is C22H29NO4. The number of benzene rings is 1. The fraction of sp³-hybridized carbons (Fsp3) is 0.545. The van der Waals surface area contributed by atoms with Gasteiger partial charge < -0.3 is 9.47 Å². The van der Waals surface area contributed by atoms with Crippen molar-refractivity contribution in [1.29, 1.82) is 0 Å². The molecule has 5 nitrogen and oxygen atoms in total. The number of methoxy groups -OCH3 is 2. The van der Waals surface area contributed by atoms with Gasteiger partial charge in [0.1, 0.15) is 11.2 Å². The summed E-state index contributed by atoms with van der Waals surface area (Å²) in [5, 5.41) is 0. The van der Waals surface area contributed by atoms with Crippen molar-refractivity contribution < 1.29 is 19.1 Å². The third kappa shape index (κ3) is 3.53. The summed E-state index contributed by atoms with van der Waals surface area (Å²) in [7, 11) is 3.04. The Kier molecular flexibility index (Phi) is 5.70. The van der Waals surface area contributed by atoms with E-state index in [0.29, 0.717) is 19.4 Å². The zero-order valence-electron chi connectivity index (χ0n) is 16.7. The number of hydrogen-bond donors (Lipinski definition) is 0. The van der Waals surface area contributed by atoms with Crippen LogP contribution in [0.15, 0.2) is 35.9 Å². The van der Waals surface area contributed by atoms with Crippen LogP contribution in [-0.4, -0.2) is 43.0 Å². The molecule has 2 aliphatic heterocycles. The van der Waals surface area contributed by atoms with Gasteiger partial charge in [-0.3, -0.25) is 14.5 Å². The number of carbonyl (C=O) groups is 2. The van der Waals surface area contributed by atoms with Crippen LogP contribution in [0.5, 0.6) is 5.75 Å². The van der Waals surface area contributed by atoms with Crippen molar-refractivity contribution in [2.24, 2.45) is 5.41 Å².